The lowest BCUT2D eigenvalue weighted by Gasteiger charge is -2.26. The lowest BCUT2D eigenvalue weighted by atomic mass is 10.1. The van der Waals surface area contributed by atoms with Crippen molar-refractivity contribution in [3.8, 4) is 0 Å². The van der Waals surface area contributed by atoms with Crippen LogP contribution in [0.2, 0.25) is 0 Å². The summed E-state index contributed by atoms with van der Waals surface area (Å²) in [6.07, 6.45) is -1.42. The zero-order valence-electron chi connectivity index (χ0n) is 13.6. The summed E-state index contributed by atoms with van der Waals surface area (Å²) in [5, 5.41) is 2.74. The number of hydrogen-bond acceptors (Lipinski definition) is 5. The van der Waals surface area contributed by atoms with Gasteiger partial charge in [0.1, 0.15) is 12.4 Å². The van der Waals surface area contributed by atoms with E-state index in [0.717, 1.165) is 16.1 Å². The predicted molar refractivity (Wildman–Crippen MR) is 93.5 cm³/mol. The molecule has 0 aliphatic carbocycles. The Bertz CT molecular complexity index is 984. The number of thiazole rings is 1. The number of aromatic nitrogens is 3. The van der Waals surface area contributed by atoms with E-state index in [9.17, 15) is 18.0 Å². The second-order valence-electron chi connectivity index (χ2n) is 6.16. The highest BCUT2D eigenvalue weighted by Gasteiger charge is 2.36. The molecule has 1 atom stereocenters. The Balaban J connectivity index is 1.90. The summed E-state index contributed by atoms with van der Waals surface area (Å²) in [7, 11) is 0. The average Bonchev–Trinajstić information content (AvgIpc) is 3.26. The number of fused-ring (bicyclic) bond motifs is 1. The van der Waals surface area contributed by atoms with Crippen LogP contribution >= 0.6 is 11.3 Å². The molecule has 26 heavy (non-hydrogen) atoms. The van der Waals surface area contributed by atoms with Crippen molar-refractivity contribution in [1.82, 2.24) is 14.5 Å². The molecule has 0 spiro atoms. The van der Waals surface area contributed by atoms with Gasteiger partial charge in [0.05, 0.1) is 16.9 Å². The van der Waals surface area contributed by atoms with Crippen LogP contribution in [-0.2, 0) is 6.54 Å². The minimum absolute atomic E-state index is 0.152. The van der Waals surface area contributed by atoms with Crippen LogP contribution in [0.3, 0.4) is 0 Å². The third-order valence-electron chi connectivity index (χ3n) is 4.44. The Morgan fingerprint density at radius 1 is 1.27 bits per heavy atom. The van der Waals surface area contributed by atoms with E-state index in [-0.39, 0.29) is 11.2 Å². The standard InChI is InChI=1S/C17H15F3N4OS/c18-17(19,20)10-24-14(22-12-5-2-1-4-11(12)15(24)25)13-6-3-8-23(13)16-21-7-9-26-16/h1-2,4-5,7,9,13H,3,6,8,10H2. The molecule has 5 nitrogen and oxygen atoms in total. The van der Waals surface area contributed by atoms with Crippen LogP contribution < -0.4 is 10.5 Å². The predicted octanol–water partition coefficient (Wildman–Crippen LogP) is 3.76. The van der Waals surface area contributed by atoms with E-state index in [2.05, 4.69) is 9.97 Å². The van der Waals surface area contributed by atoms with Gasteiger partial charge >= 0.3 is 6.18 Å². The summed E-state index contributed by atoms with van der Waals surface area (Å²) in [4.78, 5) is 23.4. The molecule has 1 fully saturated rings. The van der Waals surface area contributed by atoms with Gasteiger partial charge in [-0.25, -0.2) is 9.97 Å². The van der Waals surface area contributed by atoms with Crippen molar-refractivity contribution in [2.45, 2.75) is 31.6 Å². The Morgan fingerprint density at radius 3 is 2.81 bits per heavy atom. The monoisotopic (exact) mass is 380 g/mol. The number of para-hydroxylation sites is 1. The molecule has 136 valence electrons. The number of rotatable bonds is 3. The van der Waals surface area contributed by atoms with Crippen molar-refractivity contribution >= 4 is 27.4 Å². The molecule has 3 heterocycles. The Labute approximate surface area is 150 Å². The molecule has 1 unspecified atom stereocenters. The fourth-order valence-corrected chi connectivity index (χ4v) is 4.11. The molecule has 4 rings (SSSR count). The van der Waals surface area contributed by atoms with Crippen molar-refractivity contribution in [3.63, 3.8) is 0 Å². The highest BCUT2D eigenvalue weighted by Crippen LogP contribution is 2.36. The lowest BCUT2D eigenvalue weighted by molar-refractivity contribution is -0.141. The molecule has 2 aromatic heterocycles. The molecule has 9 heteroatoms. The molecule has 0 saturated carbocycles. The molecule has 0 amide bonds. The van der Waals surface area contributed by atoms with Gasteiger partial charge in [0.25, 0.3) is 5.56 Å². The number of benzene rings is 1. The van der Waals surface area contributed by atoms with E-state index in [1.807, 2.05) is 10.3 Å². The van der Waals surface area contributed by atoms with Gasteiger partial charge < -0.3 is 4.90 Å². The quantitative estimate of drug-likeness (QED) is 0.694. The van der Waals surface area contributed by atoms with Crippen molar-refractivity contribution in [3.05, 3.63) is 52.0 Å². The van der Waals surface area contributed by atoms with Gasteiger partial charge in [0.2, 0.25) is 0 Å². The van der Waals surface area contributed by atoms with Crippen molar-refractivity contribution in [2.24, 2.45) is 0 Å². The van der Waals surface area contributed by atoms with Gasteiger partial charge in [-0.15, -0.1) is 11.3 Å². The maximum absolute atomic E-state index is 13.1. The summed E-state index contributed by atoms with van der Waals surface area (Å²) >= 11 is 1.42. The maximum Gasteiger partial charge on any atom is 0.406 e. The Kier molecular flexibility index (Phi) is 4.18. The lowest BCUT2D eigenvalue weighted by Crippen LogP contribution is -2.35. The minimum Gasteiger partial charge on any atom is -0.338 e. The van der Waals surface area contributed by atoms with E-state index >= 15 is 0 Å². The van der Waals surface area contributed by atoms with Crippen molar-refractivity contribution in [1.29, 1.82) is 0 Å². The summed E-state index contributed by atoms with van der Waals surface area (Å²) in [5.41, 5.74) is -0.245. The van der Waals surface area contributed by atoms with Crippen molar-refractivity contribution < 1.29 is 13.2 Å². The first-order valence-corrected chi connectivity index (χ1v) is 9.04. The number of nitrogens with zero attached hydrogens (tertiary/aromatic N) is 4. The first-order valence-electron chi connectivity index (χ1n) is 8.16. The SMILES string of the molecule is O=c1c2ccccc2nc(C2CCCN2c2nccs2)n1CC(F)(F)F. The van der Waals surface area contributed by atoms with E-state index in [1.165, 1.54) is 17.4 Å². The summed E-state index contributed by atoms with van der Waals surface area (Å²) in [6.45, 7) is -0.673. The molecule has 1 saturated heterocycles. The number of halogens is 3. The van der Waals surface area contributed by atoms with Gasteiger partial charge in [0, 0.05) is 18.1 Å². The highest BCUT2D eigenvalue weighted by molar-refractivity contribution is 7.13. The van der Waals surface area contributed by atoms with Crippen molar-refractivity contribution in [2.75, 3.05) is 11.4 Å². The van der Waals surface area contributed by atoms with Crippen LogP contribution in [0.1, 0.15) is 24.7 Å². The van der Waals surface area contributed by atoms with E-state index in [0.29, 0.717) is 18.5 Å². The third kappa shape index (κ3) is 3.07. The van der Waals surface area contributed by atoms with E-state index < -0.39 is 24.3 Å². The molecule has 0 N–H and O–H groups in total. The fourth-order valence-electron chi connectivity index (χ4n) is 3.39. The minimum atomic E-state index is -4.51. The normalized spacial score (nSPS) is 18.0. The summed E-state index contributed by atoms with van der Waals surface area (Å²) in [5.74, 6) is 0.152. The maximum atomic E-state index is 13.1. The smallest absolute Gasteiger partial charge is 0.338 e. The van der Waals surface area contributed by atoms with E-state index in [1.54, 1.807) is 24.4 Å². The van der Waals surface area contributed by atoms with Gasteiger partial charge in [-0.2, -0.15) is 13.2 Å². The van der Waals surface area contributed by atoms with Gasteiger partial charge in [0.15, 0.2) is 5.13 Å². The molecular formula is C17H15F3N4OS. The molecule has 0 bridgehead atoms. The van der Waals surface area contributed by atoms with Gasteiger partial charge in [-0.3, -0.25) is 9.36 Å². The van der Waals surface area contributed by atoms with Gasteiger partial charge in [-0.05, 0) is 25.0 Å². The molecule has 1 aromatic carbocycles. The average molecular weight is 380 g/mol. The van der Waals surface area contributed by atoms with Crippen LogP contribution in [-0.4, -0.2) is 27.3 Å². The Morgan fingerprint density at radius 2 is 2.08 bits per heavy atom. The third-order valence-corrected chi connectivity index (χ3v) is 5.25. The molecular weight excluding hydrogens is 365 g/mol. The van der Waals surface area contributed by atoms with Gasteiger partial charge in [-0.1, -0.05) is 12.1 Å². The zero-order chi connectivity index (χ0) is 18.3. The number of hydrogen-bond donors (Lipinski definition) is 0. The van der Waals surface area contributed by atoms with E-state index in [4.69, 9.17) is 0 Å². The van der Waals surface area contributed by atoms with Crippen LogP contribution in [0.5, 0.6) is 0 Å². The topological polar surface area (TPSA) is 51.0 Å². The number of anilines is 1. The highest BCUT2D eigenvalue weighted by atomic mass is 32.1. The van der Waals surface area contributed by atoms with Crippen LogP contribution in [0.15, 0.2) is 40.6 Å². The largest absolute Gasteiger partial charge is 0.406 e. The first-order chi connectivity index (χ1) is 12.4. The van der Waals surface area contributed by atoms with Crippen LogP contribution in [0.25, 0.3) is 10.9 Å². The fraction of sp³-hybridized carbons (Fsp3) is 0.353. The molecule has 1 aliphatic rings. The molecule has 1 aliphatic heterocycles. The van der Waals surface area contributed by atoms with Crippen LogP contribution in [0, 0.1) is 0 Å². The van der Waals surface area contributed by atoms with Crippen LogP contribution in [0.4, 0.5) is 18.3 Å². The summed E-state index contributed by atoms with van der Waals surface area (Å²) in [6, 6.07) is 6.11. The number of alkyl halides is 3. The molecule has 3 aromatic rings. The first kappa shape index (κ1) is 17.0. The summed E-state index contributed by atoms with van der Waals surface area (Å²) < 4.78 is 40.2. The second-order valence-corrected chi connectivity index (χ2v) is 7.03. The second kappa shape index (κ2) is 6.39. The Hall–Kier alpha value is -2.42. The zero-order valence-corrected chi connectivity index (χ0v) is 14.4. The molecule has 0 radical (unpaired) electrons.